The Morgan fingerprint density at radius 1 is 1.35 bits per heavy atom. The molecular formula is C13H11FINO. The molecule has 4 heteroatoms. The number of aryl methyl sites for hydroxylation is 1. The number of halogens is 2. The Morgan fingerprint density at radius 2 is 2.12 bits per heavy atom. The summed E-state index contributed by atoms with van der Waals surface area (Å²) in [5, 5.41) is 0. The third kappa shape index (κ3) is 2.94. The van der Waals surface area contributed by atoms with E-state index in [1.165, 1.54) is 6.07 Å². The van der Waals surface area contributed by atoms with E-state index in [0.29, 0.717) is 15.6 Å². The summed E-state index contributed by atoms with van der Waals surface area (Å²) >= 11 is 1.97. The molecule has 0 bridgehead atoms. The molecule has 0 spiro atoms. The minimum atomic E-state index is -0.203. The molecule has 0 aliphatic carbocycles. The highest BCUT2D eigenvalue weighted by molar-refractivity contribution is 14.1. The molecule has 0 unspecified atom stereocenters. The molecule has 0 saturated carbocycles. The smallest absolute Gasteiger partial charge is 0.261 e. The van der Waals surface area contributed by atoms with Gasteiger partial charge >= 0.3 is 0 Å². The molecule has 0 amide bonds. The van der Waals surface area contributed by atoms with Gasteiger partial charge in [-0.2, -0.15) is 0 Å². The van der Waals surface area contributed by atoms with Gasteiger partial charge in [-0.05, 0) is 58.3 Å². The van der Waals surface area contributed by atoms with Crippen LogP contribution in [0.1, 0.15) is 16.7 Å². The zero-order chi connectivity index (χ0) is 12.4. The predicted molar refractivity (Wildman–Crippen MR) is 73.7 cm³/mol. The maximum Gasteiger partial charge on any atom is 0.261 e. The van der Waals surface area contributed by atoms with Crippen LogP contribution >= 0.6 is 22.6 Å². The van der Waals surface area contributed by atoms with E-state index in [4.69, 9.17) is 0 Å². The van der Waals surface area contributed by atoms with Crippen LogP contribution in [0.15, 0.2) is 35.3 Å². The number of benzene rings is 1. The highest BCUT2D eigenvalue weighted by Gasteiger charge is 2.05. The second-order valence-electron chi connectivity index (χ2n) is 3.96. The zero-order valence-corrected chi connectivity index (χ0v) is 11.4. The van der Waals surface area contributed by atoms with Gasteiger partial charge < -0.3 is 4.98 Å². The molecule has 88 valence electrons. The van der Waals surface area contributed by atoms with Crippen molar-refractivity contribution in [1.29, 1.82) is 0 Å². The maximum absolute atomic E-state index is 13.6. The van der Waals surface area contributed by atoms with Crippen molar-refractivity contribution in [2.24, 2.45) is 0 Å². The Morgan fingerprint density at radius 3 is 2.76 bits per heavy atom. The first-order chi connectivity index (χ1) is 8.06. The van der Waals surface area contributed by atoms with E-state index in [2.05, 4.69) is 4.98 Å². The summed E-state index contributed by atoms with van der Waals surface area (Å²) in [6.07, 6.45) is 2.11. The summed E-state index contributed by atoms with van der Waals surface area (Å²) in [6.45, 7) is 1.86. The molecular weight excluding hydrogens is 332 g/mol. The highest BCUT2D eigenvalue weighted by Crippen LogP contribution is 2.14. The first kappa shape index (κ1) is 12.3. The highest BCUT2D eigenvalue weighted by atomic mass is 127. The Balaban J connectivity index is 2.31. The second kappa shape index (κ2) is 5.00. The molecule has 0 saturated heterocycles. The van der Waals surface area contributed by atoms with Crippen molar-refractivity contribution in [3.63, 3.8) is 0 Å². The van der Waals surface area contributed by atoms with E-state index in [0.717, 1.165) is 11.1 Å². The van der Waals surface area contributed by atoms with E-state index in [9.17, 15) is 9.18 Å². The average molecular weight is 343 g/mol. The normalized spacial score (nSPS) is 10.5. The summed E-state index contributed by atoms with van der Waals surface area (Å²) in [4.78, 5) is 13.8. The van der Waals surface area contributed by atoms with Crippen LogP contribution in [0.5, 0.6) is 0 Å². The molecule has 2 aromatic rings. The van der Waals surface area contributed by atoms with Gasteiger partial charge in [0, 0.05) is 12.6 Å². The zero-order valence-electron chi connectivity index (χ0n) is 9.26. The van der Waals surface area contributed by atoms with Crippen molar-refractivity contribution in [3.8, 4) is 0 Å². The van der Waals surface area contributed by atoms with Crippen molar-refractivity contribution < 1.29 is 4.39 Å². The largest absolute Gasteiger partial charge is 0.328 e. The molecule has 1 heterocycles. The van der Waals surface area contributed by atoms with Crippen LogP contribution in [-0.2, 0) is 6.42 Å². The van der Waals surface area contributed by atoms with Gasteiger partial charge in [-0.3, -0.25) is 4.79 Å². The maximum atomic E-state index is 13.6. The molecule has 1 aromatic carbocycles. The molecule has 0 aliphatic heterocycles. The number of hydrogen-bond acceptors (Lipinski definition) is 1. The van der Waals surface area contributed by atoms with Gasteiger partial charge in [0.05, 0.1) is 3.57 Å². The van der Waals surface area contributed by atoms with Gasteiger partial charge in [0.15, 0.2) is 0 Å². The lowest BCUT2D eigenvalue weighted by molar-refractivity contribution is 0.612. The molecule has 17 heavy (non-hydrogen) atoms. The third-order valence-electron chi connectivity index (χ3n) is 2.52. The van der Waals surface area contributed by atoms with Crippen molar-refractivity contribution >= 4 is 22.6 Å². The molecule has 2 rings (SSSR count). The Labute approximate surface area is 112 Å². The number of aromatic nitrogens is 1. The Kier molecular flexibility index (Phi) is 3.61. The van der Waals surface area contributed by atoms with Crippen LogP contribution in [0.4, 0.5) is 4.39 Å². The Hall–Kier alpha value is -1.17. The number of nitrogens with one attached hydrogen (secondary N) is 1. The lowest BCUT2D eigenvalue weighted by Crippen LogP contribution is -2.09. The average Bonchev–Trinajstić information content (AvgIpc) is 2.27. The molecule has 1 N–H and O–H groups in total. The van der Waals surface area contributed by atoms with Crippen LogP contribution in [0.25, 0.3) is 0 Å². The lowest BCUT2D eigenvalue weighted by Gasteiger charge is -2.04. The van der Waals surface area contributed by atoms with Gasteiger partial charge in [0.1, 0.15) is 5.82 Å². The van der Waals surface area contributed by atoms with Crippen LogP contribution < -0.4 is 5.56 Å². The third-order valence-corrected chi connectivity index (χ3v) is 3.32. The van der Waals surface area contributed by atoms with Gasteiger partial charge in [0.25, 0.3) is 5.56 Å². The van der Waals surface area contributed by atoms with E-state index >= 15 is 0 Å². The summed E-state index contributed by atoms with van der Waals surface area (Å²) in [7, 11) is 0. The quantitative estimate of drug-likeness (QED) is 0.836. The molecule has 0 fully saturated rings. The fourth-order valence-electron chi connectivity index (χ4n) is 1.61. The number of rotatable bonds is 2. The van der Waals surface area contributed by atoms with Crippen LogP contribution in [0.3, 0.4) is 0 Å². The number of hydrogen-bond donors (Lipinski definition) is 1. The van der Waals surface area contributed by atoms with Gasteiger partial charge in [-0.25, -0.2) is 4.39 Å². The van der Waals surface area contributed by atoms with Crippen LogP contribution in [0.2, 0.25) is 0 Å². The van der Waals surface area contributed by atoms with Gasteiger partial charge in [-0.15, -0.1) is 0 Å². The predicted octanol–water partition coefficient (Wildman–Crippen LogP) is 3.02. The lowest BCUT2D eigenvalue weighted by atomic mass is 10.0. The monoisotopic (exact) mass is 343 g/mol. The van der Waals surface area contributed by atoms with E-state index in [1.807, 2.05) is 35.6 Å². The molecule has 1 aromatic heterocycles. The molecule has 0 radical (unpaired) electrons. The van der Waals surface area contributed by atoms with Gasteiger partial charge in [-0.1, -0.05) is 12.1 Å². The van der Waals surface area contributed by atoms with Crippen LogP contribution in [-0.4, -0.2) is 4.98 Å². The Bertz CT molecular complexity index is 607. The molecule has 0 atom stereocenters. The van der Waals surface area contributed by atoms with Crippen molar-refractivity contribution in [2.75, 3.05) is 0 Å². The fraction of sp³-hybridized carbons (Fsp3) is 0.154. The van der Waals surface area contributed by atoms with Crippen molar-refractivity contribution in [3.05, 3.63) is 66.9 Å². The van der Waals surface area contributed by atoms with Gasteiger partial charge in [0.2, 0.25) is 0 Å². The van der Waals surface area contributed by atoms with E-state index in [-0.39, 0.29) is 11.4 Å². The molecule has 2 nitrogen and oxygen atoms in total. The standard InChI is InChI=1S/C13H11FINO/c1-8-2-3-10(11(14)4-8)5-9-6-12(15)13(17)16-7-9/h2-4,6-7H,5H2,1H3,(H,16,17). The molecule has 0 aliphatic rings. The minimum absolute atomic E-state index is 0.112. The number of aromatic amines is 1. The fourth-order valence-corrected chi connectivity index (χ4v) is 2.17. The van der Waals surface area contributed by atoms with Crippen LogP contribution in [0, 0.1) is 16.3 Å². The number of H-pyrrole nitrogens is 1. The minimum Gasteiger partial charge on any atom is -0.328 e. The summed E-state index contributed by atoms with van der Waals surface area (Å²) < 4.78 is 14.3. The van der Waals surface area contributed by atoms with E-state index < -0.39 is 0 Å². The van der Waals surface area contributed by atoms with Crippen molar-refractivity contribution in [2.45, 2.75) is 13.3 Å². The topological polar surface area (TPSA) is 32.9 Å². The SMILES string of the molecule is Cc1ccc(Cc2c[nH]c(=O)c(I)c2)c(F)c1. The summed E-state index contributed by atoms with van der Waals surface area (Å²) in [5.74, 6) is -0.203. The number of pyridine rings is 1. The van der Waals surface area contributed by atoms with Crippen molar-refractivity contribution in [1.82, 2.24) is 4.98 Å². The van der Waals surface area contributed by atoms with E-state index in [1.54, 1.807) is 18.3 Å². The summed E-state index contributed by atoms with van der Waals surface area (Å²) in [6, 6.07) is 6.96. The second-order valence-corrected chi connectivity index (χ2v) is 5.12. The summed E-state index contributed by atoms with van der Waals surface area (Å²) in [5.41, 5.74) is 2.33. The first-order valence-corrected chi connectivity index (χ1v) is 6.26. The first-order valence-electron chi connectivity index (χ1n) is 5.18.